The van der Waals surface area contributed by atoms with Crippen LogP contribution < -0.4 is 15.2 Å². The third kappa shape index (κ3) is 2.71. The summed E-state index contributed by atoms with van der Waals surface area (Å²) < 4.78 is 10.8. The third-order valence-electron chi connectivity index (χ3n) is 3.12. The van der Waals surface area contributed by atoms with E-state index in [9.17, 15) is 4.79 Å². The van der Waals surface area contributed by atoms with Gasteiger partial charge in [-0.3, -0.25) is 0 Å². The first-order chi connectivity index (χ1) is 8.65. The van der Waals surface area contributed by atoms with E-state index in [0.717, 1.165) is 23.4 Å². The molecule has 0 aromatic heterocycles. The Balaban J connectivity index is 1.90. The number of carbonyl (C=O) groups is 1. The summed E-state index contributed by atoms with van der Waals surface area (Å²) in [6.07, 6.45) is 1.34. The molecule has 96 valence electrons. The monoisotopic (exact) mass is 247 g/mol. The largest absolute Gasteiger partial charge is 0.497 e. The van der Waals surface area contributed by atoms with Crippen molar-refractivity contribution in [3.63, 3.8) is 0 Å². The van der Waals surface area contributed by atoms with Gasteiger partial charge in [0.05, 0.1) is 13.2 Å². The van der Waals surface area contributed by atoms with Crippen LogP contribution in [0.15, 0.2) is 36.4 Å². The smallest absolute Gasteiger partial charge is 0.136 e. The number of rotatable bonds is 6. The molecule has 1 aromatic carbocycles. The normalized spacial score (nSPS) is 23.3. The molecule has 1 aromatic rings. The molecule has 0 heterocycles. The summed E-state index contributed by atoms with van der Waals surface area (Å²) in [5.74, 6) is 1.74. The molecule has 0 radical (unpaired) electrons. The van der Waals surface area contributed by atoms with Crippen LogP contribution in [0.5, 0.6) is 11.5 Å². The fourth-order valence-corrected chi connectivity index (χ4v) is 1.93. The molecule has 18 heavy (non-hydrogen) atoms. The molecule has 1 aliphatic rings. The van der Waals surface area contributed by atoms with E-state index in [4.69, 9.17) is 15.2 Å². The van der Waals surface area contributed by atoms with Crippen LogP contribution in [0.1, 0.15) is 6.42 Å². The van der Waals surface area contributed by atoms with Gasteiger partial charge in [0.1, 0.15) is 23.9 Å². The molecule has 3 unspecified atom stereocenters. The lowest BCUT2D eigenvalue weighted by atomic mass is 10.1. The van der Waals surface area contributed by atoms with Crippen LogP contribution in [-0.2, 0) is 4.79 Å². The maximum absolute atomic E-state index is 10.5. The molecule has 0 saturated heterocycles. The van der Waals surface area contributed by atoms with Crippen LogP contribution in [0.4, 0.5) is 0 Å². The molecule has 1 aliphatic carbocycles. The van der Waals surface area contributed by atoms with Crippen molar-refractivity contribution in [3.8, 4) is 11.5 Å². The highest BCUT2D eigenvalue weighted by molar-refractivity contribution is 5.57. The minimum Gasteiger partial charge on any atom is -0.497 e. The van der Waals surface area contributed by atoms with Crippen LogP contribution in [0.2, 0.25) is 0 Å². The summed E-state index contributed by atoms with van der Waals surface area (Å²) in [6.45, 7) is 3.93. The number of hydrogen-bond donors (Lipinski definition) is 1. The van der Waals surface area contributed by atoms with E-state index in [2.05, 4.69) is 6.58 Å². The van der Waals surface area contributed by atoms with E-state index in [1.165, 1.54) is 0 Å². The molecule has 0 spiro atoms. The van der Waals surface area contributed by atoms with Crippen molar-refractivity contribution in [2.45, 2.75) is 18.6 Å². The number of benzene rings is 1. The first-order valence-corrected chi connectivity index (χ1v) is 5.86. The Morgan fingerprint density at radius 2 is 2.00 bits per heavy atom. The highest BCUT2D eigenvalue weighted by atomic mass is 16.5. The highest BCUT2D eigenvalue weighted by Crippen LogP contribution is 2.43. The predicted octanol–water partition coefficient (Wildman–Crippen LogP) is 1.54. The number of ether oxygens (including phenoxy) is 2. The van der Waals surface area contributed by atoms with Gasteiger partial charge >= 0.3 is 0 Å². The standard InChI is InChI=1S/C14H17NO3/c1-9-13(7-10(15)8-16)14(9)18-12-5-3-11(17-2)4-6-12/h3-6,8,10,13-14H,1,7,15H2,2H3. The second-order valence-electron chi connectivity index (χ2n) is 4.43. The fourth-order valence-electron chi connectivity index (χ4n) is 1.93. The maximum atomic E-state index is 10.5. The van der Waals surface area contributed by atoms with Gasteiger partial charge in [-0.25, -0.2) is 0 Å². The molecule has 1 saturated carbocycles. The maximum Gasteiger partial charge on any atom is 0.136 e. The first kappa shape index (κ1) is 12.6. The summed E-state index contributed by atoms with van der Waals surface area (Å²) in [5, 5.41) is 0. The molecule has 0 amide bonds. The number of nitrogens with two attached hydrogens (primary N) is 1. The molecule has 4 nitrogen and oxygen atoms in total. The van der Waals surface area contributed by atoms with Crippen LogP contribution in [0.25, 0.3) is 0 Å². The summed E-state index contributed by atoms with van der Waals surface area (Å²) >= 11 is 0. The van der Waals surface area contributed by atoms with Crippen molar-refractivity contribution in [3.05, 3.63) is 36.4 Å². The molecule has 1 fully saturated rings. The SMILES string of the molecule is C=C1C(CC(N)C=O)C1Oc1ccc(OC)cc1. The Bertz CT molecular complexity index is 441. The van der Waals surface area contributed by atoms with E-state index in [-0.39, 0.29) is 12.0 Å². The van der Waals surface area contributed by atoms with Crippen LogP contribution >= 0.6 is 0 Å². The van der Waals surface area contributed by atoms with Gasteiger partial charge in [0.15, 0.2) is 0 Å². The predicted molar refractivity (Wildman–Crippen MR) is 68.7 cm³/mol. The van der Waals surface area contributed by atoms with E-state index < -0.39 is 6.04 Å². The summed E-state index contributed by atoms with van der Waals surface area (Å²) in [5.41, 5.74) is 6.59. The summed E-state index contributed by atoms with van der Waals surface area (Å²) in [4.78, 5) is 10.5. The van der Waals surface area contributed by atoms with Crippen LogP contribution in [-0.4, -0.2) is 25.5 Å². The van der Waals surface area contributed by atoms with Crippen molar-refractivity contribution >= 4 is 6.29 Å². The number of methoxy groups -OCH3 is 1. The van der Waals surface area contributed by atoms with Gasteiger partial charge in [-0.1, -0.05) is 6.58 Å². The second-order valence-corrected chi connectivity index (χ2v) is 4.43. The molecule has 2 N–H and O–H groups in total. The van der Waals surface area contributed by atoms with Gasteiger partial charge in [0.25, 0.3) is 0 Å². The molecule has 3 atom stereocenters. The lowest BCUT2D eigenvalue weighted by Crippen LogP contribution is -2.22. The number of carbonyl (C=O) groups excluding carboxylic acids is 1. The Hall–Kier alpha value is -1.81. The van der Waals surface area contributed by atoms with E-state index >= 15 is 0 Å². The quantitative estimate of drug-likeness (QED) is 0.612. The lowest BCUT2D eigenvalue weighted by Gasteiger charge is -2.06. The Kier molecular flexibility index (Phi) is 3.67. The average molecular weight is 247 g/mol. The van der Waals surface area contributed by atoms with Gasteiger partial charge in [-0.15, -0.1) is 0 Å². The molecular formula is C14H17NO3. The second kappa shape index (κ2) is 5.23. The van der Waals surface area contributed by atoms with Crippen molar-refractivity contribution in [2.75, 3.05) is 7.11 Å². The van der Waals surface area contributed by atoms with Crippen LogP contribution in [0, 0.1) is 5.92 Å². The highest BCUT2D eigenvalue weighted by Gasteiger charge is 2.45. The third-order valence-corrected chi connectivity index (χ3v) is 3.12. The van der Waals surface area contributed by atoms with E-state index in [0.29, 0.717) is 6.42 Å². The Morgan fingerprint density at radius 3 is 2.56 bits per heavy atom. The van der Waals surface area contributed by atoms with Crippen molar-refractivity contribution in [1.29, 1.82) is 0 Å². The zero-order valence-electron chi connectivity index (χ0n) is 10.3. The molecule has 2 rings (SSSR count). The van der Waals surface area contributed by atoms with Crippen molar-refractivity contribution < 1.29 is 14.3 Å². The van der Waals surface area contributed by atoms with E-state index in [1.807, 2.05) is 24.3 Å². The number of hydrogen-bond acceptors (Lipinski definition) is 4. The van der Waals surface area contributed by atoms with Gasteiger partial charge in [-0.2, -0.15) is 0 Å². The van der Waals surface area contributed by atoms with Gasteiger partial charge in [0, 0.05) is 5.92 Å². The van der Waals surface area contributed by atoms with Gasteiger partial charge in [-0.05, 0) is 36.3 Å². The zero-order valence-corrected chi connectivity index (χ0v) is 10.3. The average Bonchev–Trinajstić information content (AvgIpc) is 2.99. The Labute approximate surface area is 106 Å². The zero-order chi connectivity index (χ0) is 13.1. The molecule has 0 aliphatic heterocycles. The number of aldehydes is 1. The Morgan fingerprint density at radius 1 is 1.39 bits per heavy atom. The molecule has 0 bridgehead atoms. The summed E-state index contributed by atoms with van der Waals surface area (Å²) in [6, 6.07) is 6.94. The topological polar surface area (TPSA) is 61.6 Å². The van der Waals surface area contributed by atoms with Crippen LogP contribution in [0.3, 0.4) is 0 Å². The van der Waals surface area contributed by atoms with Gasteiger partial charge < -0.3 is 20.0 Å². The molecular weight excluding hydrogens is 230 g/mol. The summed E-state index contributed by atoms with van der Waals surface area (Å²) in [7, 11) is 1.62. The van der Waals surface area contributed by atoms with Gasteiger partial charge in [0.2, 0.25) is 0 Å². The van der Waals surface area contributed by atoms with Crippen molar-refractivity contribution in [1.82, 2.24) is 0 Å². The minimum absolute atomic E-state index is 0.0237. The van der Waals surface area contributed by atoms with E-state index in [1.54, 1.807) is 7.11 Å². The molecule has 4 heteroatoms. The fraction of sp³-hybridized carbons (Fsp3) is 0.357. The minimum atomic E-state index is -0.434. The van der Waals surface area contributed by atoms with Crippen molar-refractivity contribution in [2.24, 2.45) is 11.7 Å². The lowest BCUT2D eigenvalue weighted by molar-refractivity contribution is -0.109. The first-order valence-electron chi connectivity index (χ1n) is 5.86.